The fourth-order valence-corrected chi connectivity index (χ4v) is 1.50. The number of hydrogen-bond acceptors (Lipinski definition) is 3. The lowest BCUT2D eigenvalue weighted by molar-refractivity contribution is 0.415. The molecule has 0 heterocycles. The summed E-state index contributed by atoms with van der Waals surface area (Å²) < 4.78 is 27.3. The fraction of sp³-hybridized carbons (Fsp3) is 0.500. The molecule has 1 aromatic rings. The Hall–Kier alpha value is -1.20. The highest BCUT2D eigenvalue weighted by Crippen LogP contribution is 2.23. The summed E-state index contributed by atoms with van der Waals surface area (Å²) in [5.74, 6) is -1.67. The van der Waals surface area contributed by atoms with Crippen LogP contribution in [-0.2, 0) is 6.54 Å². The van der Waals surface area contributed by atoms with Gasteiger partial charge in [0, 0.05) is 32.2 Å². The predicted molar refractivity (Wildman–Crippen MR) is 66.1 cm³/mol. The Morgan fingerprint density at radius 3 is 2.24 bits per heavy atom. The highest BCUT2D eigenvalue weighted by Gasteiger charge is 2.15. The van der Waals surface area contributed by atoms with E-state index in [4.69, 9.17) is 5.73 Å². The molecular weight excluding hydrogens is 224 g/mol. The minimum absolute atomic E-state index is 0.00441. The molecule has 0 fully saturated rings. The number of nitrogens with zero attached hydrogens (tertiary/aromatic N) is 2. The monoisotopic (exact) mass is 243 g/mol. The zero-order chi connectivity index (χ0) is 13.0. The van der Waals surface area contributed by atoms with E-state index in [1.807, 2.05) is 19.0 Å². The molecule has 0 unspecified atom stereocenters. The Balaban J connectivity index is 2.87. The van der Waals surface area contributed by atoms with Gasteiger partial charge in [-0.25, -0.2) is 8.78 Å². The summed E-state index contributed by atoms with van der Waals surface area (Å²) >= 11 is 0. The van der Waals surface area contributed by atoms with Gasteiger partial charge in [0.25, 0.3) is 0 Å². The summed E-state index contributed by atoms with van der Waals surface area (Å²) in [6, 6.07) is 3.09. The highest BCUT2D eigenvalue weighted by molar-refractivity contribution is 5.49. The van der Waals surface area contributed by atoms with Gasteiger partial charge in [0.15, 0.2) is 11.6 Å². The molecule has 5 heteroatoms. The van der Waals surface area contributed by atoms with Gasteiger partial charge in [-0.2, -0.15) is 0 Å². The van der Waals surface area contributed by atoms with Crippen LogP contribution in [0.3, 0.4) is 0 Å². The third-order valence-corrected chi connectivity index (χ3v) is 2.66. The highest BCUT2D eigenvalue weighted by atomic mass is 19.2. The lowest BCUT2D eigenvalue weighted by Crippen LogP contribution is -2.29. The van der Waals surface area contributed by atoms with Gasteiger partial charge in [-0.15, -0.1) is 0 Å². The van der Waals surface area contributed by atoms with Crippen molar-refractivity contribution in [2.24, 2.45) is 5.73 Å². The zero-order valence-electron chi connectivity index (χ0n) is 10.5. The lowest BCUT2D eigenvalue weighted by Gasteiger charge is -2.22. The van der Waals surface area contributed by atoms with Crippen molar-refractivity contribution in [2.45, 2.75) is 6.54 Å². The second-order valence-corrected chi connectivity index (χ2v) is 4.30. The van der Waals surface area contributed by atoms with E-state index in [0.717, 1.165) is 6.54 Å². The van der Waals surface area contributed by atoms with E-state index >= 15 is 0 Å². The Labute approximate surface area is 101 Å². The Kier molecular flexibility index (Phi) is 4.84. The first kappa shape index (κ1) is 13.9. The number of rotatable bonds is 5. The molecule has 1 rings (SSSR count). The molecule has 1 aromatic carbocycles. The van der Waals surface area contributed by atoms with Crippen LogP contribution in [0.15, 0.2) is 12.1 Å². The van der Waals surface area contributed by atoms with Gasteiger partial charge in [-0.1, -0.05) is 6.07 Å². The Morgan fingerprint density at radius 1 is 1.06 bits per heavy atom. The van der Waals surface area contributed by atoms with Crippen LogP contribution in [0.4, 0.5) is 14.5 Å². The summed E-state index contributed by atoms with van der Waals surface area (Å²) in [6.07, 6.45) is 0. The third kappa shape index (κ3) is 3.38. The number of anilines is 1. The Bertz CT molecular complexity index is 380. The second kappa shape index (κ2) is 5.93. The number of halogens is 2. The van der Waals surface area contributed by atoms with Crippen LogP contribution in [0, 0.1) is 11.6 Å². The predicted octanol–water partition coefficient (Wildman–Crippen LogP) is 1.42. The summed E-state index contributed by atoms with van der Waals surface area (Å²) in [6.45, 7) is 1.41. The molecule has 0 radical (unpaired) electrons. The molecule has 0 aliphatic rings. The topological polar surface area (TPSA) is 32.5 Å². The van der Waals surface area contributed by atoms with Crippen molar-refractivity contribution in [1.29, 1.82) is 0 Å². The van der Waals surface area contributed by atoms with Gasteiger partial charge in [0.2, 0.25) is 0 Å². The SMILES string of the molecule is CN(C)CCN(C)c1ccc(CN)c(F)c1F. The molecule has 0 aliphatic carbocycles. The maximum Gasteiger partial charge on any atom is 0.182 e. The van der Waals surface area contributed by atoms with Crippen LogP contribution in [0.25, 0.3) is 0 Å². The molecule has 0 spiro atoms. The second-order valence-electron chi connectivity index (χ2n) is 4.30. The molecular formula is C12H19F2N3. The normalized spacial score (nSPS) is 11.0. The molecule has 0 saturated heterocycles. The molecule has 0 bridgehead atoms. The number of hydrogen-bond donors (Lipinski definition) is 1. The van der Waals surface area contributed by atoms with Crippen LogP contribution in [0.2, 0.25) is 0 Å². The summed E-state index contributed by atoms with van der Waals surface area (Å²) in [5.41, 5.74) is 5.78. The van der Waals surface area contributed by atoms with E-state index in [1.165, 1.54) is 6.07 Å². The van der Waals surface area contributed by atoms with Crippen molar-refractivity contribution in [2.75, 3.05) is 39.1 Å². The summed E-state index contributed by atoms with van der Waals surface area (Å²) in [7, 11) is 5.61. The number of nitrogens with two attached hydrogens (primary N) is 1. The molecule has 0 amide bonds. The molecule has 17 heavy (non-hydrogen) atoms. The number of likely N-dealkylation sites (N-methyl/N-ethyl adjacent to an activating group) is 2. The smallest absolute Gasteiger partial charge is 0.182 e. The largest absolute Gasteiger partial charge is 0.371 e. The maximum absolute atomic E-state index is 13.7. The first-order valence-corrected chi connectivity index (χ1v) is 5.50. The fourth-order valence-electron chi connectivity index (χ4n) is 1.50. The quantitative estimate of drug-likeness (QED) is 0.849. The van der Waals surface area contributed by atoms with Crippen LogP contribution >= 0.6 is 0 Å². The lowest BCUT2D eigenvalue weighted by atomic mass is 10.1. The first-order valence-electron chi connectivity index (χ1n) is 5.50. The van der Waals surface area contributed by atoms with Crippen LogP contribution in [-0.4, -0.2) is 39.1 Å². The zero-order valence-corrected chi connectivity index (χ0v) is 10.5. The first-order chi connectivity index (χ1) is 7.97. The van der Waals surface area contributed by atoms with Gasteiger partial charge in [0.1, 0.15) is 0 Å². The Morgan fingerprint density at radius 2 is 1.71 bits per heavy atom. The van der Waals surface area contributed by atoms with Gasteiger partial charge < -0.3 is 15.5 Å². The van der Waals surface area contributed by atoms with Crippen molar-refractivity contribution in [3.63, 3.8) is 0 Å². The molecule has 2 N–H and O–H groups in total. The molecule has 0 aromatic heterocycles. The van der Waals surface area contributed by atoms with E-state index in [9.17, 15) is 8.78 Å². The van der Waals surface area contributed by atoms with Crippen LogP contribution in [0.1, 0.15) is 5.56 Å². The van der Waals surface area contributed by atoms with Crippen molar-refractivity contribution in [1.82, 2.24) is 4.90 Å². The van der Waals surface area contributed by atoms with Gasteiger partial charge in [-0.05, 0) is 20.2 Å². The average Bonchev–Trinajstić information content (AvgIpc) is 2.29. The van der Waals surface area contributed by atoms with Crippen molar-refractivity contribution in [3.8, 4) is 0 Å². The number of benzene rings is 1. The van der Waals surface area contributed by atoms with E-state index in [2.05, 4.69) is 0 Å². The van der Waals surface area contributed by atoms with Gasteiger partial charge in [0.05, 0.1) is 5.69 Å². The van der Waals surface area contributed by atoms with Crippen molar-refractivity contribution in [3.05, 3.63) is 29.3 Å². The van der Waals surface area contributed by atoms with Crippen molar-refractivity contribution >= 4 is 5.69 Å². The molecule has 0 atom stereocenters. The van der Waals surface area contributed by atoms with Gasteiger partial charge in [-0.3, -0.25) is 0 Å². The van der Waals surface area contributed by atoms with E-state index in [0.29, 0.717) is 6.54 Å². The molecule has 3 nitrogen and oxygen atoms in total. The minimum atomic E-state index is -0.846. The summed E-state index contributed by atoms with van der Waals surface area (Å²) in [5, 5.41) is 0. The molecule has 96 valence electrons. The standard InChI is InChI=1S/C12H19F2N3/c1-16(2)6-7-17(3)10-5-4-9(8-15)11(13)12(10)14/h4-5H,6-8,15H2,1-3H3. The van der Waals surface area contributed by atoms with E-state index < -0.39 is 11.6 Å². The van der Waals surface area contributed by atoms with Crippen molar-refractivity contribution < 1.29 is 8.78 Å². The van der Waals surface area contributed by atoms with E-state index in [-0.39, 0.29) is 17.8 Å². The molecule has 0 saturated carbocycles. The van der Waals surface area contributed by atoms with Crippen LogP contribution in [0.5, 0.6) is 0 Å². The third-order valence-electron chi connectivity index (χ3n) is 2.66. The molecule has 0 aliphatic heterocycles. The van der Waals surface area contributed by atoms with Gasteiger partial charge >= 0.3 is 0 Å². The average molecular weight is 243 g/mol. The summed E-state index contributed by atoms with van der Waals surface area (Å²) in [4.78, 5) is 3.68. The maximum atomic E-state index is 13.7. The van der Waals surface area contributed by atoms with Crippen LogP contribution < -0.4 is 10.6 Å². The van der Waals surface area contributed by atoms with E-state index in [1.54, 1.807) is 18.0 Å². The minimum Gasteiger partial charge on any atom is -0.371 e.